The van der Waals surface area contributed by atoms with Crippen molar-refractivity contribution in [3.8, 4) is 0 Å². The highest BCUT2D eigenvalue weighted by Gasteiger charge is 2.50. The van der Waals surface area contributed by atoms with Gasteiger partial charge in [-0.1, -0.05) is 329 Å². The lowest BCUT2D eigenvalue weighted by Crippen LogP contribution is -2.51. The van der Waals surface area contributed by atoms with Gasteiger partial charge in [-0.2, -0.15) is 37.9 Å². The van der Waals surface area contributed by atoms with Gasteiger partial charge in [0.25, 0.3) is 0 Å². The van der Waals surface area contributed by atoms with E-state index in [-0.39, 0.29) is 0 Å². The van der Waals surface area contributed by atoms with Crippen molar-refractivity contribution in [1.29, 1.82) is 0 Å². The Morgan fingerprint density at radius 3 is 0.628 bits per heavy atom. The molecule has 0 aromatic carbocycles. The number of esters is 1. The lowest BCUT2D eigenvalue weighted by Gasteiger charge is -2.41. The Hall–Kier alpha value is -1.07. The van der Waals surface area contributed by atoms with Gasteiger partial charge in [-0.05, 0) is 25.2 Å². The number of carbonyl (C=O) groups excluding carboxylic acids is 1. The molecule has 0 saturated carbocycles. The molecule has 0 fully saturated rings. The molecule has 0 aliphatic rings. The van der Waals surface area contributed by atoms with Crippen molar-refractivity contribution in [2.24, 2.45) is 29.6 Å². The second kappa shape index (κ2) is 56.4. The summed E-state index contributed by atoms with van der Waals surface area (Å²) in [7, 11) is 1.25. The van der Waals surface area contributed by atoms with Crippen molar-refractivity contribution in [3.63, 3.8) is 0 Å². The Kier molecular flexibility index (Phi) is 55.6. The van der Waals surface area contributed by atoms with Crippen LogP contribution < -0.4 is 0 Å². The van der Waals surface area contributed by atoms with E-state index in [1.807, 2.05) is 0 Å². The number of hydrogen-bond acceptors (Lipinski definition) is 8. The molecular formula is C67H128O8S3. The van der Waals surface area contributed by atoms with Crippen LogP contribution in [0.25, 0.3) is 0 Å². The standard InChI is InChI=1S/C67H128O8S3/c1-5-8-11-14-17-20-23-26-29-32-35-38-41-44-47-50-53-56(64(68)69)61(76)59(62(77)57(65(70)71)54-51-48-45-42-39-36-33-30-27-24-21-18-15-12-9-6-2)60(67(74)75-4)63(78)58(66(72)73)55-52-49-46-43-40-37-34-31-28-25-22-19-16-13-10-7-3/h56-63,76-78H,5-55H2,1-4H3,(H,68,69)(H,70,71)(H,72,73). The molecule has 0 aromatic heterocycles. The van der Waals surface area contributed by atoms with E-state index in [0.29, 0.717) is 38.5 Å². The molecule has 0 bridgehead atoms. The SMILES string of the molecule is CCCCCCCCCCCCCCCCCCC(C(=O)O)C(S)C(C(=O)OC)C(C(S)C(CCCCCCCCCCCCCCCCCC)C(=O)O)C(S)C(CCCCCCCCCCCCCCCCCC)C(=O)O. The fraction of sp³-hybridized carbons (Fsp3) is 0.940. The van der Waals surface area contributed by atoms with E-state index in [0.717, 1.165) is 57.8 Å². The molecule has 7 atom stereocenters. The minimum Gasteiger partial charge on any atom is -0.481 e. The van der Waals surface area contributed by atoms with Crippen LogP contribution in [0.1, 0.15) is 348 Å². The highest BCUT2D eigenvalue weighted by Crippen LogP contribution is 2.43. The van der Waals surface area contributed by atoms with E-state index >= 15 is 0 Å². The summed E-state index contributed by atoms with van der Waals surface area (Å²) >= 11 is 15.0. The van der Waals surface area contributed by atoms with E-state index in [2.05, 4.69) is 20.8 Å². The van der Waals surface area contributed by atoms with Gasteiger partial charge in [-0.15, -0.1) is 0 Å². The van der Waals surface area contributed by atoms with Gasteiger partial charge in [0, 0.05) is 15.7 Å². The summed E-state index contributed by atoms with van der Waals surface area (Å²) in [6.45, 7) is 6.78. The number of carbonyl (C=O) groups is 4. The Morgan fingerprint density at radius 2 is 0.462 bits per heavy atom. The lowest BCUT2D eigenvalue weighted by molar-refractivity contribution is -0.153. The second-order valence-electron chi connectivity index (χ2n) is 24.2. The Bertz CT molecular complexity index is 1310. The van der Waals surface area contributed by atoms with E-state index in [1.54, 1.807) is 0 Å². The summed E-state index contributed by atoms with van der Waals surface area (Å²) in [4.78, 5) is 53.7. The van der Waals surface area contributed by atoms with Gasteiger partial charge >= 0.3 is 23.9 Å². The van der Waals surface area contributed by atoms with Crippen molar-refractivity contribution in [2.45, 2.75) is 364 Å². The molecule has 0 aliphatic heterocycles. The molecule has 0 spiro atoms. The molecule has 0 saturated heterocycles. The number of carboxylic acid groups (broad SMARTS) is 3. The van der Waals surface area contributed by atoms with Crippen LogP contribution in [0.4, 0.5) is 0 Å². The maximum absolute atomic E-state index is 14.1. The van der Waals surface area contributed by atoms with Crippen molar-refractivity contribution in [3.05, 3.63) is 0 Å². The van der Waals surface area contributed by atoms with Crippen LogP contribution in [0.15, 0.2) is 0 Å². The minimum absolute atomic E-state index is 0.291. The molecule has 8 nitrogen and oxygen atoms in total. The first-order valence-electron chi connectivity index (χ1n) is 33.7. The Morgan fingerprint density at radius 1 is 0.295 bits per heavy atom. The number of hydrogen-bond donors (Lipinski definition) is 6. The summed E-state index contributed by atoms with van der Waals surface area (Å²) in [5.74, 6) is -9.28. The third-order valence-corrected chi connectivity index (χ3v) is 19.4. The van der Waals surface area contributed by atoms with Gasteiger partial charge < -0.3 is 20.1 Å². The van der Waals surface area contributed by atoms with Crippen LogP contribution in [0.5, 0.6) is 0 Å². The second-order valence-corrected chi connectivity index (χ2v) is 26.0. The smallest absolute Gasteiger partial charge is 0.310 e. The summed E-state index contributed by atoms with van der Waals surface area (Å²) in [6, 6.07) is 0. The molecule has 3 N–H and O–H groups in total. The van der Waals surface area contributed by atoms with Crippen LogP contribution >= 0.6 is 37.9 Å². The first-order chi connectivity index (χ1) is 37.9. The van der Waals surface area contributed by atoms with Crippen molar-refractivity contribution in [2.75, 3.05) is 7.11 Å². The van der Waals surface area contributed by atoms with Crippen LogP contribution in [-0.2, 0) is 23.9 Å². The predicted octanol–water partition coefficient (Wildman–Crippen LogP) is 21.3. The van der Waals surface area contributed by atoms with E-state index in [1.165, 1.54) is 238 Å². The summed E-state index contributed by atoms with van der Waals surface area (Å²) in [5, 5.41) is 29.3. The third-order valence-electron chi connectivity index (χ3n) is 17.3. The van der Waals surface area contributed by atoms with Crippen molar-refractivity contribution in [1.82, 2.24) is 0 Å². The van der Waals surface area contributed by atoms with Gasteiger partial charge in [0.1, 0.15) is 0 Å². The van der Waals surface area contributed by atoms with Gasteiger partial charge in [-0.3, -0.25) is 19.2 Å². The van der Waals surface area contributed by atoms with E-state index in [4.69, 9.17) is 42.6 Å². The number of aliphatic carboxylic acids is 3. The number of rotatable bonds is 62. The van der Waals surface area contributed by atoms with Gasteiger partial charge in [-0.25, -0.2) is 0 Å². The molecule has 7 unspecified atom stereocenters. The van der Waals surface area contributed by atoms with Crippen LogP contribution in [-0.4, -0.2) is 62.1 Å². The largest absolute Gasteiger partial charge is 0.481 e. The first kappa shape index (κ1) is 76.9. The molecule has 78 heavy (non-hydrogen) atoms. The zero-order valence-corrected chi connectivity index (χ0v) is 54.1. The molecule has 462 valence electrons. The number of unbranched alkanes of at least 4 members (excludes halogenated alkanes) is 45. The average Bonchev–Trinajstić information content (AvgIpc) is 3.41. The van der Waals surface area contributed by atoms with Crippen LogP contribution in [0.2, 0.25) is 0 Å². The number of methoxy groups -OCH3 is 1. The highest BCUT2D eigenvalue weighted by molar-refractivity contribution is 7.82. The Labute approximate surface area is 498 Å². The van der Waals surface area contributed by atoms with Crippen molar-refractivity contribution >= 4 is 61.8 Å². The number of carboxylic acids is 3. The highest BCUT2D eigenvalue weighted by atomic mass is 32.1. The monoisotopic (exact) mass is 1160 g/mol. The number of thiol groups is 3. The maximum Gasteiger partial charge on any atom is 0.310 e. The molecule has 0 amide bonds. The maximum atomic E-state index is 14.1. The topological polar surface area (TPSA) is 138 Å². The predicted molar refractivity (Wildman–Crippen MR) is 343 cm³/mol. The molecule has 0 aromatic rings. The lowest BCUT2D eigenvalue weighted by atomic mass is 9.72. The van der Waals surface area contributed by atoms with Gasteiger partial charge in [0.05, 0.1) is 30.8 Å². The fourth-order valence-corrected chi connectivity index (χ4v) is 14.2. The molecule has 11 heteroatoms. The molecule has 0 aliphatic carbocycles. The van der Waals surface area contributed by atoms with Gasteiger partial charge in [0.2, 0.25) is 0 Å². The normalized spacial score (nSPS) is 14.9. The molecular weight excluding hydrogens is 1030 g/mol. The molecule has 0 radical (unpaired) electrons. The third kappa shape index (κ3) is 41.8. The minimum atomic E-state index is -1.24. The first-order valence-corrected chi connectivity index (χ1v) is 35.3. The number of ether oxygens (including phenoxy) is 1. The summed E-state index contributed by atoms with van der Waals surface area (Å²) in [5.41, 5.74) is 0. The van der Waals surface area contributed by atoms with Crippen molar-refractivity contribution < 1.29 is 39.2 Å². The van der Waals surface area contributed by atoms with Crippen LogP contribution in [0.3, 0.4) is 0 Å². The Balaban J connectivity index is 5.75. The van der Waals surface area contributed by atoms with E-state index in [9.17, 15) is 34.5 Å². The summed E-state index contributed by atoms with van der Waals surface area (Å²) in [6.07, 6.45) is 58.8. The van der Waals surface area contributed by atoms with Crippen LogP contribution in [0, 0.1) is 29.6 Å². The summed E-state index contributed by atoms with van der Waals surface area (Å²) < 4.78 is 5.40. The molecule has 0 heterocycles. The quantitative estimate of drug-likeness (QED) is 0.0201. The average molecular weight is 1160 g/mol. The zero-order chi connectivity index (χ0) is 57.7. The fourth-order valence-electron chi connectivity index (χ4n) is 12.1. The van der Waals surface area contributed by atoms with Gasteiger partial charge in [0.15, 0.2) is 0 Å². The zero-order valence-electron chi connectivity index (χ0n) is 51.4. The molecule has 0 rings (SSSR count). The van der Waals surface area contributed by atoms with E-state index < -0.39 is 69.2 Å².